The van der Waals surface area contributed by atoms with E-state index in [-0.39, 0.29) is 12.0 Å². The van der Waals surface area contributed by atoms with E-state index in [2.05, 4.69) is 4.98 Å². The number of pyridine rings is 1. The SMILES string of the molecule is C[C@@]1(C(=O)N2CCC(OCc3ccccn3)CC2)CCCO1. The molecule has 2 saturated heterocycles. The lowest BCUT2D eigenvalue weighted by Gasteiger charge is -2.36. The highest BCUT2D eigenvalue weighted by atomic mass is 16.5. The fourth-order valence-corrected chi connectivity index (χ4v) is 3.19. The van der Waals surface area contributed by atoms with Crippen molar-refractivity contribution in [2.75, 3.05) is 19.7 Å². The molecule has 1 aromatic rings. The molecule has 0 spiro atoms. The molecule has 22 heavy (non-hydrogen) atoms. The third kappa shape index (κ3) is 3.47. The van der Waals surface area contributed by atoms with Gasteiger partial charge in [0, 0.05) is 25.9 Å². The van der Waals surface area contributed by atoms with E-state index in [9.17, 15) is 4.79 Å². The molecular formula is C17H24N2O3. The van der Waals surface area contributed by atoms with Crippen LogP contribution < -0.4 is 0 Å². The molecule has 2 fully saturated rings. The second-order valence-electron chi connectivity index (χ2n) is 6.31. The predicted molar refractivity (Wildman–Crippen MR) is 82.2 cm³/mol. The van der Waals surface area contributed by atoms with Gasteiger partial charge in [0.25, 0.3) is 5.91 Å². The van der Waals surface area contributed by atoms with Crippen molar-refractivity contribution in [1.82, 2.24) is 9.88 Å². The molecule has 1 aromatic heterocycles. The molecular weight excluding hydrogens is 280 g/mol. The Kier molecular flexibility index (Phi) is 4.74. The summed E-state index contributed by atoms with van der Waals surface area (Å²) in [4.78, 5) is 18.8. The number of likely N-dealkylation sites (tertiary alicyclic amines) is 1. The molecule has 2 aliphatic heterocycles. The van der Waals surface area contributed by atoms with Gasteiger partial charge in [0.05, 0.1) is 18.4 Å². The molecule has 3 heterocycles. The van der Waals surface area contributed by atoms with Crippen molar-refractivity contribution in [3.63, 3.8) is 0 Å². The Labute approximate surface area is 131 Å². The van der Waals surface area contributed by atoms with E-state index in [1.807, 2.05) is 30.0 Å². The smallest absolute Gasteiger partial charge is 0.254 e. The predicted octanol–water partition coefficient (Wildman–Crippen LogP) is 2.16. The Morgan fingerprint density at radius 1 is 1.45 bits per heavy atom. The lowest BCUT2D eigenvalue weighted by atomic mass is 9.98. The molecule has 0 saturated carbocycles. The number of piperidine rings is 1. The number of nitrogens with zero attached hydrogens (tertiary/aromatic N) is 2. The van der Waals surface area contributed by atoms with E-state index in [0.717, 1.165) is 44.5 Å². The van der Waals surface area contributed by atoms with Crippen molar-refractivity contribution in [2.24, 2.45) is 0 Å². The van der Waals surface area contributed by atoms with Crippen LogP contribution in [0.25, 0.3) is 0 Å². The van der Waals surface area contributed by atoms with Crippen LogP contribution in [0.2, 0.25) is 0 Å². The third-order valence-electron chi connectivity index (χ3n) is 4.59. The van der Waals surface area contributed by atoms with Crippen LogP contribution in [0.3, 0.4) is 0 Å². The molecule has 0 unspecified atom stereocenters. The Morgan fingerprint density at radius 2 is 2.27 bits per heavy atom. The van der Waals surface area contributed by atoms with Gasteiger partial charge in [0.15, 0.2) is 0 Å². The molecule has 2 aliphatic rings. The molecule has 0 aromatic carbocycles. The second kappa shape index (κ2) is 6.75. The van der Waals surface area contributed by atoms with Crippen LogP contribution in [0.1, 0.15) is 38.3 Å². The average Bonchev–Trinajstić information content (AvgIpc) is 3.02. The number of rotatable bonds is 4. The maximum absolute atomic E-state index is 12.6. The van der Waals surface area contributed by atoms with Gasteiger partial charge in [-0.3, -0.25) is 9.78 Å². The average molecular weight is 304 g/mol. The molecule has 0 aliphatic carbocycles. The van der Waals surface area contributed by atoms with Crippen LogP contribution >= 0.6 is 0 Å². The minimum Gasteiger partial charge on any atom is -0.372 e. The number of aromatic nitrogens is 1. The molecule has 5 heteroatoms. The molecule has 1 amide bonds. The van der Waals surface area contributed by atoms with Crippen molar-refractivity contribution in [1.29, 1.82) is 0 Å². The first kappa shape index (κ1) is 15.4. The van der Waals surface area contributed by atoms with Gasteiger partial charge in [-0.15, -0.1) is 0 Å². The highest BCUT2D eigenvalue weighted by molar-refractivity contribution is 5.85. The van der Waals surface area contributed by atoms with Gasteiger partial charge in [0.2, 0.25) is 0 Å². The van der Waals surface area contributed by atoms with Crippen LogP contribution in [-0.2, 0) is 20.9 Å². The fourth-order valence-electron chi connectivity index (χ4n) is 3.19. The van der Waals surface area contributed by atoms with Gasteiger partial charge < -0.3 is 14.4 Å². The zero-order chi connectivity index (χ0) is 15.4. The summed E-state index contributed by atoms with van der Waals surface area (Å²) < 4.78 is 11.6. The Balaban J connectivity index is 1.45. The van der Waals surface area contributed by atoms with Crippen molar-refractivity contribution >= 4 is 5.91 Å². The molecule has 5 nitrogen and oxygen atoms in total. The van der Waals surface area contributed by atoms with Gasteiger partial charge in [0.1, 0.15) is 5.60 Å². The summed E-state index contributed by atoms with van der Waals surface area (Å²) in [5.74, 6) is 0.146. The maximum Gasteiger partial charge on any atom is 0.254 e. The monoisotopic (exact) mass is 304 g/mol. The molecule has 0 N–H and O–H groups in total. The van der Waals surface area contributed by atoms with Gasteiger partial charge in [-0.05, 0) is 44.7 Å². The van der Waals surface area contributed by atoms with Crippen molar-refractivity contribution in [2.45, 2.75) is 50.9 Å². The Hall–Kier alpha value is -1.46. The van der Waals surface area contributed by atoms with Gasteiger partial charge in [-0.25, -0.2) is 0 Å². The largest absolute Gasteiger partial charge is 0.372 e. The summed E-state index contributed by atoms with van der Waals surface area (Å²) in [5, 5.41) is 0. The van der Waals surface area contributed by atoms with E-state index < -0.39 is 5.60 Å². The van der Waals surface area contributed by atoms with E-state index in [1.165, 1.54) is 0 Å². The summed E-state index contributed by atoms with van der Waals surface area (Å²) >= 11 is 0. The van der Waals surface area contributed by atoms with E-state index in [4.69, 9.17) is 9.47 Å². The number of hydrogen-bond donors (Lipinski definition) is 0. The van der Waals surface area contributed by atoms with Crippen molar-refractivity contribution in [3.05, 3.63) is 30.1 Å². The normalized spacial score (nSPS) is 26.3. The molecule has 120 valence electrons. The standard InChI is InChI=1S/C17H24N2O3/c1-17(8-4-12-22-17)16(20)19-10-6-15(7-11-19)21-13-14-5-2-3-9-18-14/h2-3,5,9,15H,4,6-8,10-13H2,1H3/t17-/m0/s1. The summed E-state index contributed by atoms with van der Waals surface area (Å²) in [6.45, 7) is 4.67. The Bertz CT molecular complexity index is 492. The highest BCUT2D eigenvalue weighted by Crippen LogP contribution is 2.28. The van der Waals surface area contributed by atoms with Crippen molar-refractivity contribution in [3.8, 4) is 0 Å². The van der Waals surface area contributed by atoms with E-state index >= 15 is 0 Å². The highest BCUT2D eigenvalue weighted by Gasteiger charge is 2.41. The second-order valence-corrected chi connectivity index (χ2v) is 6.31. The quantitative estimate of drug-likeness (QED) is 0.855. The number of carbonyl (C=O) groups excluding carboxylic acids is 1. The van der Waals surface area contributed by atoms with Crippen LogP contribution in [0.4, 0.5) is 0 Å². The first-order valence-corrected chi connectivity index (χ1v) is 8.12. The number of carbonyl (C=O) groups is 1. The molecule has 0 radical (unpaired) electrons. The number of hydrogen-bond acceptors (Lipinski definition) is 4. The van der Waals surface area contributed by atoms with Gasteiger partial charge in [-0.1, -0.05) is 6.07 Å². The van der Waals surface area contributed by atoms with Crippen LogP contribution in [0.5, 0.6) is 0 Å². The topological polar surface area (TPSA) is 51.7 Å². The van der Waals surface area contributed by atoms with E-state index in [0.29, 0.717) is 13.2 Å². The molecule has 0 bridgehead atoms. The van der Waals surface area contributed by atoms with Gasteiger partial charge in [-0.2, -0.15) is 0 Å². The lowest BCUT2D eigenvalue weighted by molar-refractivity contribution is -0.153. The summed E-state index contributed by atoms with van der Waals surface area (Å²) in [5.41, 5.74) is 0.356. The maximum atomic E-state index is 12.6. The molecule has 3 rings (SSSR count). The minimum atomic E-state index is -0.596. The van der Waals surface area contributed by atoms with Crippen LogP contribution in [0.15, 0.2) is 24.4 Å². The summed E-state index contributed by atoms with van der Waals surface area (Å²) in [7, 11) is 0. The lowest BCUT2D eigenvalue weighted by Crippen LogP contribution is -2.50. The van der Waals surface area contributed by atoms with Crippen LogP contribution in [0, 0.1) is 0 Å². The van der Waals surface area contributed by atoms with Crippen LogP contribution in [-0.4, -0.2) is 47.2 Å². The van der Waals surface area contributed by atoms with Crippen molar-refractivity contribution < 1.29 is 14.3 Å². The first-order valence-electron chi connectivity index (χ1n) is 8.12. The zero-order valence-corrected chi connectivity index (χ0v) is 13.2. The Morgan fingerprint density at radius 3 is 2.91 bits per heavy atom. The van der Waals surface area contributed by atoms with E-state index in [1.54, 1.807) is 6.20 Å². The summed E-state index contributed by atoms with van der Waals surface area (Å²) in [6.07, 6.45) is 5.57. The molecule has 1 atom stereocenters. The number of amides is 1. The third-order valence-corrected chi connectivity index (χ3v) is 4.59. The fraction of sp³-hybridized carbons (Fsp3) is 0.647. The first-order chi connectivity index (χ1) is 10.7. The summed E-state index contributed by atoms with van der Waals surface area (Å²) in [6, 6.07) is 5.84. The van der Waals surface area contributed by atoms with Gasteiger partial charge >= 0.3 is 0 Å². The number of ether oxygens (including phenoxy) is 2. The zero-order valence-electron chi connectivity index (χ0n) is 13.2. The minimum absolute atomic E-state index is 0.146.